The van der Waals surface area contributed by atoms with Crippen LogP contribution in [0, 0.1) is 0 Å². The molecule has 0 aromatic rings. The lowest BCUT2D eigenvalue weighted by atomic mass is 10.1. The van der Waals surface area contributed by atoms with E-state index in [0.717, 1.165) is 19.3 Å². The average molecular weight is 272 g/mol. The van der Waals surface area contributed by atoms with Crippen LogP contribution in [0.25, 0.3) is 0 Å². The summed E-state index contributed by atoms with van der Waals surface area (Å²) < 4.78 is 39.0. The van der Waals surface area contributed by atoms with E-state index in [0.29, 0.717) is 6.42 Å². The third-order valence-corrected chi connectivity index (χ3v) is 2.67. The molecule has 0 N–H and O–H groups in total. The molecule has 0 atom stereocenters. The number of rotatable bonds is 9. The lowest BCUT2D eigenvalue weighted by Crippen LogP contribution is -2.06. The third kappa shape index (κ3) is 13.5. The Morgan fingerprint density at radius 2 is 1.59 bits per heavy atom. The summed E-state index contributed by atoms with van der Waals surface area (Å²) in [5.41, 5.74) is -4.50. The normalized spacial score (nSPS) is 11.5. The van der Waals surface area contributed by atoms with E-state index in [1.807, 2.05) is 0 Å². The zero-order valence-electron chi connectivity index (χ0n) is 10.0. The predicted octanol–water partition coefficient (Wildman–Crippen LogP) is 4.84. The molecule has 0 spiro atoms. The van der Waals surface area contributed by atoms with Crippen molar-refractivity contribution in [3.05, 3.63) is 0 Å². The third-order valence-electron chi connectivity index (χ3n) is 2.21. The van der Waals surface area contributed by atoms with Gasteiger partial charge in [0, 0.05) is 6.42 Å². The van der Waals surface area contributed by atoms with Gasteiger partial charge in [-0.05, 0) is 6.42 Å². The van der Waals surface area contributed by atoms with Crippen LogP contribution in [0.2, 0.25) is 0 Å². The van der Waals surface area contributed by atoms with Crippen LogP contribution in [0.5, 0.6) is 0 Å². The molecule has 0 heterocycles. The van der Waals surface area contributed by atoms with Crippen molar-refractivity contribution in [1.82, 2.24) is 0 Å². The fourth-order valence-electron chi connectivity index (χ4n) is 1.36. The molecule has 0 unspecified atom stereocenters. The van der Waals surface area contributed by atoms with Crippen molar-refractivity contribution in [3.63, 3.8) is 0 Å². The van der Waals surface area contributed by atoms with E-state index >= 15 is 0 Å². The number of halogens is 3. The van der Waals surface area contributed by atoms with E-state index < -0.39 is 23.5 Å². The molecule has 0 aliphatic carbocycles. The predicted molar refractivity (Wildman–Crippen MR) is 62.3 cm³/mol. The summed E-state index contributed by atoms with van der Waals surface area (Å²) in [5, 5.41) is 0. The summed E-state index contributed by atoms with van der Waals surface area (Å²) in [6.45, 7) is 2.13. The number of hydrogen-bond donors (Lipinski definition) is 0. The molecule has 0 aromatic heterocycles. The van der Waals surface area contributed by atoms with E-state index in [1.54, 1.807) is 0 Å². The van der Waals surface area contributed by atoms with Gasteiger partial charge in [0.25, 0.3) is 0 Å². The molecule has 17 heavy (non-hydrogen) atoms. The highest BCUT2D eigenvalue weighted by Crippen LogP contribution is 2.31. The quantitative estimate of drug-likeness (QED) is 0.444. The second-order valence-corrected chi connectivity index (χ2v) is 4.65. The Morgan fingerprint density at radius 1 is 1.06 bits per heavy atom. The number of carbonyl (C=O) groups excluding carboxylic acids is 1. The maximum Gasteiger partial charge on any atom is 0.479 e. The van der Waals surface area contributed by atoms with Crippen LogP contribution in [0.1, 0.15) is 58.3 Å². The fourth-order valence-corrected chi connectivity index (χ4v) is 1.63. The van der Waals surface area contributed by atoms with Gasteiger partial charge < -0.3 is 4.18 Å². The summed E-state index contributed by atoms with van der Waals surface area (Å²) in [7, 11) is 0. The number of hydrogen-bond acceptors (Lipinski definition) is 3. The molecule has 0 aliphatic rings. The van der Waals surface area contributed by atoms with Crippen molar-refractivity contribution < 1.29 is 22.1 Å². The van der Waals surface area contributed by atoms with E-state index in [2.05, 4.69) is 11.1 Å². The van der Waals surface area contributed by atoms with Gasteiger partial charge in [-0.2, -0.15) is 13.2 Å². The molecule has 6 heteroatoms. The zero-order chi connectivity index (χ0) is 13.1. The van der Waals surface area contributed by atoms with Crippen LogP contribution in [-0.2, 0) is 8.98 Å². The summed E-state index contributed by atoms with van der Waals surface area (Å²) in [4.78, 5) is 10.9. The molecule has 0 saturated carbocycles. The minimum atomic E-state index is -4.50. The van der Waals surface area contributed by atoms with Gasteiger partial charge >= 0.3 is 11.5 Å². The highest BCUT2D eigenvalue weighted by Gasteiger charge is 2.32. The number of unbranched alkanes of at least 4 members (excludes halogenated alkanes) is 6. The van der Waals surface area contributed by atoms with Crippen molar-refractivity contribution in [2.75, 3.05) is 0 Å². The van der Waals surface area contributed by atoms with E-state index in [4.69, 9.17) is 0 Å². The first-order valence-electron chi connectivity index (χ1n) is 5.91. The first kappa shape index (κ1) is 16.6. The Hall–Kier alpha value is -0.390. The van der Waals surface area contributed by atoms with Crippen LogP contribution in [0.15, 0.2) is 0 Å². The summed E-state index contributed by atoms with van der Waals surface area (Å²) in [6, 6.07) is 0. The van der Waals surface area contributed by atoms with Crippen LogP contribution in [0.4, 0.5) is 13.2 Å². The van der Waals surface area contributed by atoms with Gasteiger partial charge in [-0.1, -0.05) is 45.4 Å². The molecule has 0 rings (SSSR count). The van der Waals surface area contributed by atoms with Crippen molar-refractivity contribution in [2.24, 2.45) is 0 Å². The molecule has 0 aliphatic heterocycles. The van der Waals surface area contributed by atoms with Crippen molar-refractivity contribution >= 4 is 18.0 Å². The molecule has 0 aromatic carbocycles. The summed E-state index contributed by atoms with van der Waals surface area (Å²) >= 11 is -0.733. The van der Waals surface area contributed by atoms with Crippen LogP contribution in [0.3, 0.4) is 0 Å². The maximum absolute atomic E-state index is 11.7. The summed E-state index contributed by atoms with van der Waals surface area (Å²) in [5.74, 6) is -0.791. The Labute approximate surface area is 104 Å². The van der Waals surface area contributed by atoms with Crippen LogP contribution in [-0.4, -0.2) is 11.5 Å². The largest absolute Gasteiger partial charge is 0.479 e. The first-order chi connectivity index (χ1) is 7.95. The van der Waals surface area contributed by atoms with E-state index in [1.165, 1.54) is 19.3 Å². The zero-order valence-corrected chi connectivity index (χ0v) is 10.8. The molecule has 102 valence electrons. The monoisotopic (exact) mass is 272 g/mol. The van der Waals surface area contributed by atoms with Crippen LogP contribution >= 0.6 is 12.0 Å². The van der Waals surface area contributed by atoms with E-state index in [9.17, 15) is 18.0 Å². The lowest BCUT2D eigenvalue weighted by Gasteiger charge is -2.05. The summed E-state index contributed by atoms with van der Waals surface area (Å²) in [6.07, 6.45) is 7.27. The number of carbonyl (C=O) groups is 1. The van der Waals surface area contributed by atoms with Crippen molar-refractivity contribution in [3.8, 4) is 0 Å². The molecule has 0 fully saturated rings. The molecular formula is C11H19F3O2S. The van der Waals surface area contributed by atoms with Gasteiger partial charge in [-0.15, -0.1) is 0 Å². The number of alkyl halides is 3. The second-order valence-electron chi connectivity index (χ2n) is 3.86. The van der Waals surface area contributed by atoms with Gasteiger partial charge in [-0.3, -0.25) is 4.79 Å². The van der Waals surface area contributed by atoms with E-state index in [-0.39, 0.29) is 6.42 Å². The smallest absolute Gasteiger partial charge is 0.382 e. The minimum absolute atomic E-state index is 0.0663. The maximum atomic E-state index is 11.7. The van der Waals surface area contributed by atoms with Gasteiger partial charge in [-0.25, -0.2) is 0 Å². The Bertz CT molecular complexity index is 207. The van der Waals surface area contributed by atoms with Gasteiger partial charge in [0.05, 0.1) is 0 Å². The average Bonchev–Trinajstić information content (AvgIpc) is 2.24. The standard InChI is InChI=1S/C11H19F3O2S/c1-2-3-4-5-6-7-8-9-10(15)16-17-11(12,13)14/h2-9H2,1H3. The van der Waals surface area contributed by atoms with Gasteiger partial charge in [0.15, 0.2) is 12.0 Å². The molecule has 2 nitrogen and oxygen atoms in total. The molecule has 0 amide bonds. The molecule has 0 radical (unpaired) electrons. The minimum Gasteiger partial charge on any atom is -0.382 e. The molecular weight excluding hydrogens is 253 g/mol. The SMILES string of the molecule is CCCCCCCCCC(=O)OSC(F)(F)F. The van der Waals surface area contributed by atoms with Gasteiger partial charge in [0.2, 0.25) is 0 Å². The highest BCUT2D eigenvalue weighted by atomic mass is 32.2. The highest BCUT2D eigenvalue weighted by molar-refractivity contribution is 7.95. The molecule has 0 saturated heterocycles. The topological polar surface area (TPSA) is 26.3 Å². The fraction of sp³-hybridized carbons (Fsp3) is 0.909. The van der Waals surface area contributed by atoms with Crippen molar-refractivity contribution in [1.29, 1.82) is 0 Å². The van der Waals surface area contributed by atoms with Crippen molar-refractivity contribution in [2.45, 2.75) is 63.8 Å². The Balaban J connectivity index is 3.28. The van der Waals surface area contributed by atoms with Crippen LogP contribution < -0.4 is 0 Å². The second kappa shape index (κ2) is 9.62. The lowest BCUT2D eigenvalue weighted by molar-refractivity contribution is -0.134. The Kier molecular flexibility index (Phi) is 9.40. The van der Waals surface area contributed by atoms with Gasteiger partial charge in [0.1, 0.15) is 0 Å². The first-order valence-corrected chi connectivity index (χ1v) is 6.65. The molecule has 0 bridgehead atoms. The Morgan fingerprint density at radius 3 is 2.12 bits per heavy atom.